The second kappa shape index (κ2) is 4.18. The molecular weight excluding hydrogens is 266 g/mol. The minimum Gasteiger partial charge on any atom is -0.478 e. The monoisotopic (exact) mass is 272 g/mol. The van der Waals surface area contributed by atoms with Gasteiger partial charge in [-0.2, -0.15) is 22.0 Å². The summed E-state index contributed by atoms with van der Waals surface area (Å²) in [4.78, 5) is 10.6. The number of carbonyl (C=O) groups is 1. The number of halogens is 6. The van der Waals surface area contributed by atoms with Crippen LogP contribution in [-0.4, -0.2) is 23.2 Å². The minimum atomic E-state index is -6.32. The van der Waals surface area contributed by atoms with Gasteiger partial charge in [-0.05, 0) is 0 Å². The Morgan fingerprint density at radius 3 is 1.72 bits per heavy atom. The Kier molecular flexibility index (Phi) is 3.33. The van der Waals surface area contributed by atoms with Crippen LogP contribution in [-0.2, 0) is 10.5 Å². The highest BCUT2D eigenvalue weighted by atomic mass is 19.4. The lowest BCUT2D eigenvalue weighted by molar-refractivity contribution is -0.327. The molecule has 8 heteroatoms. The third-order valence-electron chi connectivity index (χ3n) is 2.25. The van der Waals surface area contributed by atoms with Crippen LogP contribution >= 0.6 is 0 Å². The van der Waals surface area contributed by atoms with Crippen molar-refractivity contribution in [1.82, 2.24) is 0 Å². The molecule has 0 spiro atoms. The van der Waals surface area contributed by atoms with Crippen molar-refractivity contribution < 1.29 is 36.2 Å². The van der Waals surface area contributed by atoms with E-state index in [9.17, 15) is 31.1 Å². The molecule has 100 valence electrons. The lowest BCUT2D eigenvalue weighted by atomic mass is 9.88. The van der Waals surface area contributed by atoms with Gasteiger partial charge in [-0.1, -0.05) is 30.3 Å². The lowest BCUT2D eigenvalue weighted by Crippen LogP contribution is -2.56. The number of alkyl halides is 6. The molecule has 0 aromatic heterocycles. The third-order valence-corrected chi connectivity index (χ3v) is 2.25. The van der Waals surface area contributed by atoms with E-state index in [1.807, 2.05) is 0 Å². The molecule has 1 unspecified atom stereocenters. The predicted molar refractivity (Wildman–Crippen MR) is 47.9 cm³/mol. The summed E-state index contributed by atoms with van der Waals surface area (Å²) in [6, 6.07) is 4.23. The van der Waals surface area contributed by atoms with Crippen molar-refractivity contribution in [2.45, 2.75) is 17.8 Å². The molecule has 0 saturated carbocycles. The van der Waals surface area contributed by atoms with Crippen LogP contribution in [0.5, 0.6) is 0 Å². The number of hydrogen-bond acceptors (Lipinski definition) is 1. The average molecular weight is 272 g/mol. The number of carboxylic acid groups (broad SMARTS) is 1. The van der Waals surface area contributed by atoms with Gasteiger partial charge in [0.05, 0.1) is 0 Å². The molecule has 1 N–H and O–H groups in total. The molecule has 0 bridgehead atoms. The lowest BCUT2D eigenvalue weighted by Gasteiger charge is -2.31. The molecule has 18 heavy (non-hydrogen) atoms. The second-order valence-corrected chi connectivity index (χ2v) is 3.40. The summed E-state index contributed by atoms with van der Waals surface area (Å²) in [5.74, 6) is -8.95. The quantitative estimate of drug-likeness (QED) is 0.858. The maximum Gasteiger partial charge on any atom is 0.457 e. The fourth-order valence-electron chi connectivity index (χ4n) is 1.30. The molecule has 2 nitrogen and oxygen atoms in total. The van der Waals surface area contributed by atoms with E-state index in [0.29, 0.717) is 12.1 Å². The number of hydrogen-bond donors (Lipinski definition) is 1. The normalized spacial score (nSPS) is 16.1. The third kappa shape index (κ3) is 1.91. The first-order valence-corrected chi connectivity index (χ1v) is 4.47. The summed E-state index contributed by atoms with van der Waals surface area (Å²) in [6.07, 6.45) is -6.32. The molecule has 1 rings (SSSR count). The molecule has 1 aromatic rings. The summed E-state index contributed by atoms with van der Waals surface area (Å²) in [5, 5.41) is 8.43. The Hall–Kier alpha value is -1.73. The highest BCUT2D eigenvalue weighted by Crippen LogP contribution is 2.50. The van der Waals surface area contributed by atoms with Crippen LogP contribution in [0.15, 0.2) is 30.3 Å². The van der Waals surface area contributed by atoms with Gasteiger partial charge in [0.2, 0.25) is 0 Å². The van der Waals surface area contributed by atoms with Crippen molar-refractivity contribution in [3.05, 3.63) is 35.9 Å². The summed E-state index contributed by atoms with van der Waals surface area (Å²) in [5.41, 5.74) is -6.15. The van der Waals surface area contributed by atoms with Gasteiger partial charge in [0.1, 0.15) is 0 Å². The summed E-state index contributed by atoms with van der Waals surface area (Å²) >= 11 is 0. The molecule has 0 fully saturated rings. The zero-order valence-corrected chi connectivity index (χ0v) is 8.51. The van der Waals surface area contributed by atoms with Gasteiger partial charge in [0, 0.05) is 5.56 Å². The first kappa shape index (κ1) is 14.3. The van der Waals surface area contributed by atoms with Crippen molar-refractivity contribution >= 4 is 5.97 Å². The van der Waals surface area contributed by atoms with Crippen LogP contribution in [0.4, 0.5) is 26.3 Å². The maximum absolute atomic E-state index is 13.9. The molecular formula is C10H6F6O2. The molecule has 0 saturated heterocycles. The van der Waals surface area contributed by atoms with Crippen molar-refractivity contribution in [3.8, 4) is 0 Å². The summed E-state index contributed by atoms with van der Waals surface area (Å²) < 4.78 is 76.3. The van der Waals surface area contributed by atoms with Crippen molar-refractivity contribution in [2.24, 2.45) is 0 Å². The number of aliphatic carboxylic acids is 1. The van der Waals surface area contributed by atoms with E-state index >= 15 is 0 Å². The predicted octanol–water partition coefficient (Wildman–Crippen LogP) is 3.13. The second-order valence-electron chi connectivity index (χ2n) is 3.40. The van der Waals surface area contributed by atoms with Crippen LogP contribution in [0.1, 0.15) is 5.56 Å². The SMILES string of the molecule is O=C(O)C(F)(c1ccccc1)C(F)(F)C(F)(F)F. The molecule has 0 aliphatic carbocycles. The smallest absolute Gasteiger partial charge is 0.457 e. The number of rotatable bonds is 3. The minimum absolute atomic E-state index is 0.549. The highest BCUT2D eigenvalue weighted by Gasteiger charge is 2.75. The van der Waals surface area contributed by atoms with E-state index in [2.05, 4.69) is 0 Å². The largest absolute Gasteiger partial charge is 0.478 e. The zero-order valence-electron chi connectivity index (χ0n) is 8.51. The van der Waals surface area contributed by atoms with Gasteiger partial charge in [0.25, 0.3) is 0 Å². The zero-order chi connectivity index (χ0) is 14.2. The van der Waals surface area contributed by atoms with E-state index in [4.69, 9.17) is 5.11 Å². The van der Waals surface area contributed by atoms with E-state index < -0.39 is 29.3 Å². The van der Waals surface area contributed by atoms with Crippen molar-refractivity contribution in [2.75, 3.05) is 0 Å². The standard InChI is InChI=1S/C10H6F6O2/c11-8(7(17)18,6-4-2-1-3-5-6)9(12,13)10(14,15)16/h1-5H,(H,17,18). The van der Waals surface area contributed by atoms with Gasteiger partial charge in [-0.25, -0.2) is 9.18 Å². The highest BCUT2D eigenvalue weighted by molar-refractivity contribution is 5.81. The number of carboxylic acids is 1. The van der Waals surface area contributed by atoms with Crippen molar-refractivity contribution in [3.63, 3.8) is 0 Å². The Morgan fingerprint density at radius 1 is 0.944 bits per heavy atom. The molecule has 0 radical (unpaired) electrons. The first-order chi connectivity index (χ1) is 8.05. The van der Waals surface area contributed by atoms with E-state index in [-0.39, 0.29) is 0 Å². The molecule has 1 atom stereocenters. The summed E-state index contributed by atoms with van der Waals surface area (Å²) in [6.45, 7) is 0. The molecule has 0 heterocycles. The van der Waals surface area contributed by atoms with Gasteiger partial charge >= 0.3 is 23.7 Å². The van der Waals surface area contributed by atoms with Gasteiger partial charge in [-0.3, -0.25) is 0 Å². The van der Waals surface area contributed by atoms with Crippen LogP contribution in [0.2, 0.25) is 0 Å². The van der Waals surface area contributed by atoms with Gasteiger partial charge < -0.3 is 5.11 Å². The maximum atomic E-state index is 13.9. The molecule has 0 amide bonds. The van der Waals surface area contributed by atoms with Crippen molar-refractivity contribution in [1.29, 1.82) is 0 Å². The topological polar surface area (TPSA) is 37.3 Å². The fraction of sp³-hybridized carbons (Fsp3) is 0.300. The Morgan fingerprint density at radius 2 is 1.39 bits per heavy atom. The van der Waals surface area contributed by atoms with Gasteiger partial charge in [0.15, 0.2) is 0 Å². The Balaban J connectivity index is 3.48. The fourth-order valence-corrected chi connectivity index (χ4v) is 1.30. The van der Waals surface area contributed by atoms with Crippen LogP contribution in [0, 0.1) is 0 Å². The molecule has 0 aliphatic heterocycles. The summed E-state index contributed by atoms with van der Waals surface area (Å²) in [7, 11) is 0. The first-order valence-electron chi connectivity index (χ1n) is 4.47. The number of benzene rings is 1. The van der Waals surface area contributed by atoms with E-state index in [0.717, 1.165) is 12.1 Å². The van der Waals surface area contributed by atoms with Crippen LogP contribution in [0.25, 0.3) is 0 Å². The van der Waals surface area contributed by atoms with Crippen LogP contribution in [0.3, 0.4) is 0 Å². The Labute approximate surface area is 96.8 Å². The average Bonchev–Trinajstić information content (AvgIpc) is 2.27. The van der Waals surface area contributed by atoms with E-state index in [1.54, 1.807) is 0 Å². The Bertz CT molecular complexity index is 441. The van der Waals surface area contributed by atoms with Crippen LogP contribution < -0.4 is 0 Å². The van der Waals surface area contributed by atoms with Gasteiger partial charge in [-0.15, -0.1) is 0 Å². The molecule has 0 aliphatic rings. The van der Waals surface area contributed by atoms with E-state index in [1.165, 1.54) is 6.07 Å². The molecule has 1 aromatic carbocycles.